The van der Waals surface area contributed by atoms with Crippen molar-refractivity contribution in [3.63, 3.8) is 0 Å². The van der Waals surface area contributed by atoms with E-state index in [9.17, 15) is 4.79 Å². The van der Waals surface area contributed by atoms with E-state index in [2.05, 4.69) is 20.0 Å². The summed E-state index contributed by atoms with van der Waals surface area (Å²) in [6.45, 7) is 5.30. The molecule has 0 saturated carbocycles. The molecule has 1 heterocycles. The lowest BCUT2D eigenvalue weighted by Crippen LogP contribution is -2.32. The number of rotatable bonds is 2. The van der Waals surface area contributed by atoms with Crippen molar-refractivity contribution in [1.82, 2.24) is 15.5 Å². The van der Waals surface area contributed by atoms with E-state index >= 15 is 0 Å². The molecular formula is C9H12N4O3. The van der Waals surface area contributed by atoms with E-state index < -0.39 is 11.7 Å². The van der Waals surface area contributed by atoms with Crippen LogP contribution in [0.4, 0.5) is 4.79 Å². The van der Waals surface area contributed by atoms with Crippen LogP contribution in [0.3, 0.4) is 0 Å². The summed E-state index contributed by atoms with van der Waals surface area (Å²) in [5, 5.41) is 14.2. The lowest BCUT2D eigenvalue weighted by molar-refractivity contribution is 0.0518. The number of hydrogen-bond donors (Lipinski definition) is 1. The fourth-order valence-corrected chi connectivity index (χ4v) is 0.834. The van der Waals surface area contributed by atoms with E-state index in [4.69, 9.17) is 10.00 Å². The number of hydrogen-bond acceptors (Lipinski definition) is 6. The molecule has 0 saturated heterocycles. The molecule has 86 valence electrons. The molecule has 0 atom stereocenters. The van der Waals surface area contributed by atoms with Gasteiger partial charge in [-0.05, 0) is 25.9 Å². The molecule has 0 aliphatic rings. The van der Waals surface area contributed by atoms with Crippen molar-refractivity contribution in [2.45, 2.75) is 32.9 Å². The Morgan fingerprint density at radius 1 is 1.62 bits per heavy atom. The third kappa shape index (κ3) is 3.96. The Morgan fingerprint density at radius 2 is 2.31 bits per heavy atom. The molecule has 7 nitrogen and oxygen atoms in total. The number of nitriles is 1. The minimum atomic E-state index is -0.579. The van der Waals surface area contributed by atoms with Crippen LogP contribution in [0.5, 0.6) is 0 Å². The van der Waals surface area contributed by atoms with Crippen LogP contribution in [-0.4, -0.2) is 21.8 Å². The molecule has 0 unspecified atom stereocenters. The van der Waals surface area contributed by atoms with E-state index in [1.807, 2.05) is 0 Å². The predicted molar refractivity (Wildman–Crippen MR) is 52.1 cm³/mol. The molecule has 0 radical (unpaired) electrons. The number of carbonyl (C=O) groups is 1. The normalized spacial score (nSPS) is 10.6. The van der Waals surface area contributed by atoms with Crippen LogP contribution in [0.15, 0.2) is 4.52 Å². The topological polar surface area (TPSA) is 101 Å². The fraction of sp³-hybridized carbons (Fsp3) is 0.556. The van der Waals surface area contributed by atoms with Gasteiger partial charge < -0.3 is 14.6 Å². The van der Waals surface area contributed by atoms with E-state index in [0.717, 1.165) is 0 Å². The van der Waals surface area contributed by atoms with Gasteiger partial charge in [-0.1, -0.05) is 0 Å². The van der Waals surface area contributed by atoms with Crippen LogP contribution in [0.2, 0.25) is 0 Å². The van der Waals surface area contributed by atoms with Crippen molar-refractivity contribution >= 4 is 6.09 Å². The number of aromatic nitrogens is 2. The zero-order valence-corrected chi connectivity index (χ0v) is 9.27. The van der Waals surface area contributed by atoms with E-state index in [1.54, 1.807) is 26.8 Å². The Morgan fingerprint density at radius 3 is 2.81 bits per heavy atom. The van der Waals surface area contributed by atoms with Crippen molar-refractivity contribution in [3.8, 4) is 6.07 Å². The van der Waals surface area contributed by atoms with Crippen LogP contribution in [0, 0.1) is 11.3 Å². The maximum Gasteiger partial charge on any atom is 0.408 e. The third-order valence-electron chi connectivity index (χ3n) is 1.35. The second-order valence-corrected chi connectivity index (χ2v) is 3.98. The van der Waals surface area contributed by atoms with Crippen molar-refractivity contribution in [2.75, 3.05) is 0 Å². The molecule has 1 rings (SSSR count). The minimum Gasteiger partial charge on any atom is -0.444 e. The van der Waals surface area contributed by atoms with Gasteiger partial charge in [0.15, 0.2) is 0 Å². The SMILES string of the molecule is CC(C)(C)OC(=O)NCc1nc(C#N)no1. The molecule has 1 amide bonds. The van der Waals surface area contributed by atoms with Crippen molar-refractivity contribution < 1.29 is 14.1 Å². The fourth-order valence-electron chi connectivity index (χ4n) is 0.834. The van der Waals surface area contributed by atoms with Gasteiger partial charge in [-0.3, -0.25) is 0 Å². The molecule has 0 fully saturated rings. The second-order valence-electron chi connectivity index (χ2n) is 3.98. The first kappa shape index (κ1) is 12.0. The number of amides is 1. The maximum absolute atomic E-state index is 11.2. The van der Waals surface area contributed by atoms with Crippen molar-refractivity contribution in [3.05, 3.63) is 11.7 Å². The van der Waals surface area contributed by atoms with Crippen LogP contribution in [0.25, 0.3) is 0 Å². The summed E-state index contributed by atoms with van der Waals surface area (Å²) in [6.07, 6.45) is -0.579. The van der Waals surface area contributed by atoms with E-state index in [0.29, 0.717) is 0 Å². The van der Waals surface area contributed by atoms with Gasteiger partial charge in [0.05, 0.1) is 0 Å². The van der Waals surface area contributed by atoms with Gasteiger partial charge in [-0.2, -0.15) is 10.2 Å². The van der Waals surface area contributed by atoms with Gasteiger partial charge in [0.25, 0.3) is 5.82 Å². The standard InChI is InChI=1S/C9H12N4O3/c1-9(2,3)15-8(14)11-5-7-12-6(4-10)13-16-7/h5H2,1-3H3,(H,11,14). The van der Waals surface area contributed by atoms with Gasteiger partial charge in [-0.25, -0.2) is 4.79 Å². The molecule has 0 aromatic carbocycles. The Kier molecular flexibility index (Phi) is 3.45. The minimum absolute atomic E-state index is 0.0313. The Balaban J connectivity index is 2.41. The Hall–Kier alpha value is -2.10. The van der Waals surface area contributed by atoms with Crippen molar-refractivity contribution in [1.29, 1.82) is 5.26 Å². The summed E-state index contributed by atoms with van der Waals surface area (Å²) >= 11 is 0. The highest BCUT2D eigenvalue weighted by molar-refractivity contribution is 5.67. The predicted octanol–water partition coefficient (Wildman–Crippen LogP) is 0.966. The molecular weight excluding hydrogens is 212 g/mol. The molecule has 0 bridgehead atoms. The van der Waals surface area contributed by atoms with Gasteiger partial charge in [0.2, 0.25) is 5.89 Å². The number of nitrogens with zero attached hydrogens (tertiary/aromatic N) is 3. The van der Waals surface area contributed by atoms with Gasteiger partial charge in [0, 0.05) is 0 Å². The Labute approximate surface area is 92.4 Å². The number of ether oxygens (including phenoxy) is 1. The highest BCUT2D eigenvalue weighted by Crippen LogP contribution is 2.06. The highest BCUT2D eigenvalue weighted by atomic mass is 16.6. The Bertz CT molecular complexity index is 413. The molecule has 0 aliphatic carbocycles. The lowest BCUT2D eigenvalue weighted by atomic mass is 10.2. The van der Waals surface area contributed by atoms with Crippen LogP contribution in [0.1, 0.15) is 32.5 Å². The zero-order valence-electron chi connectivity index (χ0n) is 9.27. The van der Waals surface area contributed by atoms with Crippen LogP contribution in [-0.2, 0) is 11.3 Å². The number of nitrogens with one attached hydrogen (secondary N) is 1. The lowest BCUT2D eigenvalue weighted by Gasteiger charge is -2.19. The first-order valence-corrected chi connectivity index (χ1v) is 4.60. The quantitative estimate of drug-likeness (QED) is 0.803. The first-order chi connectivity index (χ1) is 7.40. The summed E-state index contributed by atoms with van der Waals surface area (Å²) in [4.78, 5) is 14.9. The molecule has 16 heavy (non-hydrogen) atoms. The molecule has 0 spiro atoms. The summed E-state index contributed by atoms with van der Waals surface area (Å²) in [5.74, 6) is 0.0865. The summed E-state index contributed by atoms with van der Waals surface area (Å²) in [7, 11) is 0. The zero-order chi connectivity index (χ0) is 12.2. The van der Waals surface area contributed by atoms with Gasteiger partial charge in [-0.15, -0.1) is 0 Å². The van der Waals surface area contributed by atoms with E-state index in [1.165, 1.54) is 0 Å². The largest absolute Gasteiger partial charge is 0.444 e. The van der Waals surface area contributed by atoms with Crippen LogP contribution >= 0.6 is 0 Å². The second kappa shape index (κ2) is 4.61. The molecule has 7 heteroatoms. The average Bonchev–Trinajstić information content (AvgIpc) is 2.59. The highest BCUT2D eigenvalue weighted by Gasteiger charge is 2.16. The molecule has 1 aromatic rings. The first-order valence-electron chi connectivity index (χ1n) is 4.60. The molecule has 1 N–H and O–H groups in total. The average molecular weight is 224 g/mol. The van der Waals surface area contributed by atoms with Gasteiger partial charge in [0.1, 0.15) is 18.2 Å². The molecule has 1 aromatic heterocycles. The number of carbonyl (C=O) groups excluding carboxylic acids is 1. The summed E-state index contributed by atoms with van der Waals surface area (Å²) in [5.41, 5.74) is -0.559. The van der Waals surface area contributed by atoms with Gasteiger partial charge >= 0.3 is 6.09 Å². The van der Waals surface area contributed by atoms with E-state index in [-0.39, 0.29) is 18.3 Å². The van der Waals surface area contributed by atoms with Crippen molar-refractivity contribution in [2.24, 2.45) is 0 Å². The molecule has 0 aliphatic heterocycles. The maximum atomic E-state index is 11.2. The van der Waals surface area contributed by atoms with Crippen LogP contribution < -0.4 is 5.32 Å². The summed E-state index contributed by atoms with van der Waals surface area (Å²) in [6, 6.07) is 1.71. The monoisotopic (exact) mass is 224 g/mol. The smallest absolute Gasteiger partial charge is 0.408 e. The number of alkyl carbamates (subject to hydrolysis) is 1. The summed E-state index contributed by atoms with van der Waals surface area (Å²) < 4.78 is 9.67. The third-order valence-corrected chi connectivity index (χ3v) is 1.35.